The highest BCUT2D eigenvalue weighted by molar-refractivity contribution is 5.94. The molecule has 122 valence electrons. The Balaban J connectivity index is 1.55. The second kappa shape index (κ2) is 7.21. The summed E-state index contributed by atoms with van der Waals surface area (Å²) in [6.45, 7) is 2.92. The zero-order chi connectivity index (χ0) is 15.4. The summed E-state index contributed by atoms with van der Waals surface area (Å²) in [6.07, 6.45) is 3.64. The van der Waals surface area contributed by atoms with E-state index in [1.165, 1.54) is 0 Å². The van der Waals surface area contributed by atoms with Crippen LogP contribution in [0.4, 0.5) is 5.82 Å². The molecular formula is C15H24N4O3. The van der Waals surface area contributed by atoms with E-state index in [4.69, 9.17) is 15.2 Å². The maximum atomic E-state index is 12.2. The van der Waals surface area contributed by atoms with E-state index in [0.717, 1.165) is 44.6 Å². The Morgan fingerprint density at radius 3 is 2.55 bits per heavy atom. The van der Waals surface area contributed by atoms with Crippen LogP contribution in [0, 0.1) is 5.92 Å². The van der Waals surface area contributed by atoms with Gasteiger partial charge >= 0.3 is 0 Å². The summed E-state index contributed by atoms with van der Waals surface area (Å²) in [5.41, 5.74) is 7.12. The molecule has 3 heterocycles. The first-order chi connectivity index (χ1) is 10.7. The third-order valence-corrected chi connectivity index (χ3v) is 4.59. The minimum Gasteiger partial charge on any atom is -0.381 e. The molecule has 1 unspecified atom stereocenters. The van der Waals surface area contributed by atoms with Gasteiger partial charge in [0.15, 0.2) is 5.82 Å². The molecule has 1 aromatic rings. The predicted octanol–water partition coefficient (Wildman–Crippen LogP) is 0.996. The van der Waals surface area contributed by atoms with Crippen LogP contribution in [0.1, 0.15) is 37.3 Å². The summed E-state index contributed by atoms with van der Waals surface area (Å²) in [6, 6.07) is 1.40. The fourth-order valence-corrected chi connectivity index (χ4v) is 3.12. The van der Waals surface area contributed by atoms with Crippen molar-refractivity contribution >= 4 is 11.7 Å². The first-order valence-corrected chi connectivity index (χ1v) is 8.01. The Morgan fingerprint density at radius 1 is 1.23 bits per heavy atom. The van der Waals surface area contributed by atoms with Gasteiger partial charge in [0.05, 0.1) is 6.04 Å². The first kappa shape index (κ1) is 15.5. The number of amides is 1. The number of aromatic amines is 1. The van der Waals surface area contributed by atoms with Crippen molar-refractivity contribution < 1.29 is 14.3 Å². The summed E-state index contributed by atoms with van der Waals surface area (Å²) in [4.78, 5) is 12.2. The molecule has 3 rings (SSSR count). The van der Waals surface area contributed by atoms with Crippen molar-refractivity contribution in [3.63, 3.8) is 0 Å². The maximum Gasteiger partial charge on any atom is 0.242 e. The molecule has 0 aliphatic carbocycles. The minimum absolute atomic E-state index is 0.170. The number of ether oxygens (including phenoxy) is 2. The number of hydrogen-bond donors (Lipinski definition) is 3. The number of carbonyl (C=O) groups excluding carboxylic acids is 1. The number of nitrogens with zero attached hydrogens (tertiary/aromatic N) is 1. The lowest BCUT2D eigenvalue weighted by Crippen LogP contribution is -2.44. The molecule has 7 nitrogen and oxygen atoms in total. The lowest BCUT2D eigenvalue weighted by molar-refractivity contribution is -0.119. The molecule has 1 amide bonds. The lowest BCUT2D eigenvalue weighted by atomic mass is 9.92. The molecule has 22 heavy (non-hydrogen) atoms. The summed E-state index contributed by atoms with van der Waals surface area (Å²) in [5.74, 6) is 0.990. The Bertz CT molecular complexity index is 493. The van der Waals surface area contributed by atoms with Crippen molar-refractivity contribution in [2.45, 2.75) is 37.6 Å². The summed E-state index contributed by atoms with van der Waals surface area (Å²) >= 11 is 0. The van der Waals surface area contributed by atoms with E-state index in [1.807, 2.05) is 6.07 Å². The zero-order valence-corrected chi connectivity index (χ0v) is 12.7. The SMILES string of the molecule is NC(C(=O)Nc1cc(C2CCOCC2)[nH]n1)C1CCOCC1. The number of rotatable bonds is 4. The Morgan fingerprint density at radius 2 is 1.86 bits per heavy atom. The standard InChI is InChI=1S/C15H24N4O3/c16-14(11-3-7-22-8-4-11)15(20)17-13-9-12(18-19-13)10-1-5-21-6-2-10/h9-11,14H,1-8,16H2,(H2,17,18,19,20). The second-order valence-electron chi connectivity index (χ2n) is 6.06. The first-order valence-electron chi connectivity index (χ1n) is 8.01. The predicted molar refractivity (Wildman–Crippen MR) is 81.5 cm³/mol. The number of anilines is 1. The van der Waals surface area contributed by atoms with Crippen molar-refractivity contribution in [1.82, 2.24) is 10.2 Å². The van der Waals surface area contributed by atoms with Crippen LogP contribution >= 0.6 is 0 Å². The normalized spacial score (nSPS) is 22.4. The third kappa shape index (κ3) is 3.66. The highest BCUT2D eigenvalue weighted by Crippen LogP contribution is 2.26. The van der Waals surface area contributed by atoms with Crippen LogP contribution in [0.3, 0.4) is 0 Å². The topological polar surface area (TPSA) is 102 Å². The van der Waals surface area contributed by atoms with Gasteiger partial charge in [-0.1, -0.05) is 0 Å². The smallest absolute Gasteiger partial charge is 0.242 e. The van der Waals surface area contributed by atoms with Gasteiger partial charge in [-0.3, -0.25) is 9.89 Å². The molecule has 2 aliphatic heterocycles. The van der Waals surface area contributed by atoms with Gasteiger partial charge in [0, 0.05) is 44.1 Å². The van der Waals surface area contributed by atoms with Gasteiger partial charge < -0.3 is 20.5 Å². The van der Waals surface area contributed by atoms with E-state index in [2.05, 4.69) is 15.5 Å². The van der Waals surface area contributed by atoms with E-state index in [9.17, 15) is 4.79 Å². The Labute approximate surface area is 129 Å². The average Bonchev–Trinajstić information content (AvgIpc) is 3.04. The van der Waals surface area contributed by atoms with E-state index < -0.39 is 6.04 Å². The van der Waals surface area contributed by atoms with Crippen molar-refractivity contribution in [1.29, 1.82) is 0 Å². The van der Waals surface area contributed by atoms with Crippen LogP contribution in [0.2, 0.25) is 0 Å². The molecule has 0 aromatic carbocycles. The molecular weight excluding hydrogens is 284 g/mol. The van der Waals surface area contributed by atoms with E-state index >= 15 is 0 Å². The zero-order valence-electron chi connectivity index (χ0n) is 12.7. The third-order valence-electron chi connectivity index (χ3n) is 4.59. The van der Waals surface area contributed by atoms with Crippen LogP contribution < -0.4 is 11.1 Å². The fraction of sp³-hybridized carbons (Fsp3) is 0.733. The van der Waals surface area contributed by atoms with Gasteiger partial charge in [0.1, 0.15) is 0 Å². The lowest BCUT2D eigenvalue weighted by Gasteiger charge is -2.26. The molecule has 0 saturated carbocycles. The molecule has 0 bridgehead atoms. The van der Waals surface area contributed by atoms with E-state index in [1.54, 1.807) is 0 Å². The van der Waals surface area contributed by atoms with Gasteiger partial charge in [0.2, 0.25) is 5.91 Å². The largest absolute Gasteiger partial charge is 0.381 e. The van der Waals surface area contributed by atoms with Crippen LogP contribution in [-0.4, -0.2) is 48.6 Å². The highest BCUT2D eigenvalue weighted by Gasteiger charge is 2.27. The van der Waals surface area contributed by atoms with Gasteiger partial charge in [-0.2, -0.15) is 5.10 Å². The molecule has 2 fully saturated rings. The number of carbonyl (C=O) groups is 1. The number of hydrogen-bond acceptors (Lipinski definition) is 5. The second-order valence-corrected chi connectivity index (χ2v) is 6.06. The summed E-state index contributed by atoms with van der Waals surface area (Å²) in [5, 5.41) is 10.0. The van der Waals surface area contributed by atoms with Gasteiger partial charge in [-0.15, -0.1) is 0 Å². The molecule has 2 saturated heterocycles. The van der Waals surface area contributed by atoms with Crippen LogP contribution in [0.5, 0.6) is 0 Å². The number of aromatic nitrogens is 2. The molecule has 1 atom stereocenters. The summed E-state index contributed by atoms with van der Waals surface area (Å²) in [7, 11) is 0. The van der Waals surface area contributed by atoms with Crippen LogP contribution in [0.15, 0.2) is 6.07 Å². The monoisotopic (exact) mass is 308 g/mol. The number of nitrogens with one attached hydrogen (secondary N) is 2. The molecule has 2 aliphatic rings. The summed E-state index contributed by atoms with van der Waals surface area (Å²) < 4.78 is 10.7. The molecule has 4 N–H and O–H groups in total. The minimum atomic E-state index is -0.507. The maximum absolute atomic E-state index is 12.2. The number of nitrogens with two attached hydrogens (primary N) is 1. The molecule has 0 radical (unpaired) electrons. The quantitative estimate of drug-likeness (QED) is 0.770. The van der Waals surface area contributed by atoms with Crippen LogP contribution in [-0.2, 0) is 14.3 Å². The van der Waals surface area contributed by atoms with E-state index in [-0.39, 0.29) is 11.8 Å². The van der Waals surface area contributed by atoms with Crippen molar-refractivity contribution in [2.24, 2.45) is 11.7 Å². The van der Waals surface area contributed by atoms with Crippen molar-refractivity contribution in [3.05, 3.63) is 11.8 Å². The molecule has 0 spiro atoms. The Kier molecular flexibility index (Phi) is 5.07. The van der Waals surface area contributed by atoms with Crippen molar-refractivity contribution in [3.8, 4) is 0 Å². The number of H-pyrrole nitrogens is 1. The van der Waals surface area contributed by atoms with Gasteiger partial charge in [-0.05, 0) is 31.6 Å². The van der Waals surface area contributed by atoms with E-state index in [0.29, 0.717) is 24.9 Å². The average molecular weight is 308 g/mol. The highest BCUT2D eigenvalue weighted by atomic mass is 16.5. The van der Waals surface area contributed by atoms with Gasteiger partial charge in [0.25, 0.3) is 0 Å². The van der Waals surface area contributed by atoms with Gasteiger partial charge in [-0.25, -0.2) is 0 Å². The van der Waals surface area contributed by atoms with Crippen LogP contribution in [0.25, 0.3) is 0 Å². The fourth-order valence-electron chi connectivity index (χ4n) is 3.12. The Hall–Kier alpha value is -1.44. The molecule has 1 aromatic heterocycles. The van der Waals surface area contributed by atoms with Crippen molar-refractivity contribution in [2.75, 3.05) is 31.7 Å². The molecule has 7 heteroatoms.